The van der Waals surface area contributed by atoms with E-state index in [1.54, 1.807) is 36.4 Å². The van der Waals surface area contributed by atoms with Gasteiger partial charge in [0.2, 0.25) is 5.91 Å². The van der Waals surface area contributed by atoms with Crippen LogP contribution in [0.5, 0.6) is 0 Å². The van der Waals surface area contributed by atoms with Gasteiger partial charge in [-0.2, -0.15) is 0 Å². The highest BCUT2D eigenvalue weighted by Gasteiger charge is 2.26. The Morgan fingerprint density at radius 3 is 2.63 bits per heavy atom. The lowest BCUT2D eigenvalue weighted by atomic mass is 10.2. The van der Waals surface area contributed by atoms with Gasteiger partial charge in [0.15, 0.2) is 15.0 Å². The summed E-state index contributed by atoms with van der Waals surface area (Å²) < 4.78 is 32.5. The minimum Gasteiger partial charge on any atom is -0.467 e. The molecule has 0 fully saturated rings. The lowest BCUT2D eigenvalue weighted by Gasteiger charge is -2.18. The molecule has 0 saturated carbocycles. The van der Waals surface area contributed by atoms with Crippen molar-refractivity contribution in [3.63, 3.8) is 0 Å². The van der Waals surface area contributed by atoms with Crippen molar-refractivity contribution in [2.75, 3.05) is 10.7 Å². The smallest absolute Gasteiger partial charge is 0.244 e. The summed E-state index contributed by atoms with van der Waals surface area (Å²) in [7, 11) is -3.66. The van der Waals surface area contributed by atoms with E-state index < -0.39 is 21.5 Å². The van der Waals surface area contributed by atoms with Crippen LogP contribution in [0.2, 0.25) is 0 Å². The van der Waals surface area contributed by atoms with Crippen LogP contribution in [-0.2, 0) is 26.9 Å². The fraction of sp³-hybridized carbons (Fsp3) is 0.143. The summed E-state index contributed by atoms with van der Waals surface area (Å²) in [5.41, 5.74) is 1.38. The van der Waals surface area contributed by atoms with Crippen LogP contribution in [0.3, 0.4) is 0 Å². The molecule has 6 nitrogen and oxygen atoms in total. The molecule has 1 amide bonds. The van der Waals surface area contributed by atoms with Gasteiger partial charge >= 0.3 is 0 Å². The first-order chi connectivity index (χ1) is 14.4. The van der Waals surface area contributed by atoms with Crippen LogP contribution in [0.1, 0.15) is 11.3 Å². The minimum atomic E-state index is -3.66. The van der Waals surface area contributed by atoms with E-state index in [1.807, 2.05) is 24.3 Å². The largest absolute Gasteiger partial charge is 0.467 e. The first-order valence-corrected chi connectivity index (χ1v) is 12.5. The van der Waals surface area contributed by atoms with E-state index >= 15 is 0 Å². The van der Waals surface area contributed by atoms with E-state index in [1.165, 1.54) is 22.5 Å². The SMILES string of the molecule is O=C(CS(=O)(=O)Cc1ccccc1)N(Cc1ccco1)c1nc2ccc(Br)cc2s1. The Bertz CT molecular complexity index is 1270. The van der Waals surface area contributed by atoms with Crippen molar-refractivity contribution in [2.24, 2.45) is 0 Å². The number of fused-ring (bicyclic) bond motifs is 1. The third kappa shape index (κ3) is 4.97. The Morgan fingerprint density at radius 2 is 1.90 bits per heavy atom. The number of sulfone groups is 1. The van der Waals surface area contributed by atoms with E-state index in [-0.39, 0.29) is 12.3 Å². The number of rotatable bonds is 7. The number of carbonyl (C=O) groups excluding carboxylic acids is 1. The molecule has 0 N–H and O–H groups in total. The van der Waals surface area contributed by atoms with E-state index in [4.69, 9.17) is 4.42 Å². The summed E-state index contributed by atoms with van der Waals surface area (Å²) in [4.78, 5) is 19.0. The lowest BCUT2D eigenvalue weighted by molar-refractivity contribution is -0.116. The van der Waals surface area contributed by atoms with Gasteiger partial charge in [0, 0.05) is 4.47 Å². The predicted molar refractivity (Wildman–Crippen MR) is 121 cm³/mol. The summed E-state index contributed by atoms with van der Waals surface area (Å²) in [6.45, 7) is 0.105. The maximum absolute atomic E-state index is 13.1. The normalized spacial score (nSPS) is 11.6. The molecule has 2 heterocycles. The zero-order chi connectivity index (χ0) is 21.1. The summed E-state index contributed by atoms with van der Waals surface area (Å²) >= 11 is 4.76. The van der Waals surface area contributed by atoms with Gasteiger partial charge in [-0.3, -0.25) is 9.69 Å². The topological polar surface area (TPSA) is 80.5 Å². The Kier molecular flexibility index (Phi) is 6.03. The highest BCUT2D eigenvalue weighted by Crippen LogP contribution is 2.32. The van der Waals surface area contributed by atoms with Crippen LogP contribution in [-0.4, -0.2) is 25.1 Å². The van der Waals surface area contributed by atoms with Crippen LogP contribution in [0, 0.1) is 0 Å². The molecule has 0 atom stereocenters. The number of hydrogen-bond donors (Lipinski definition) is 0. The number of benzene rings is 2. The van der Waals surface area contributed by atoms with E-state index in [0.717, 1.165) is 14.7 Å². The van der Waals surface area contributed by atoms with Gasteiger partial charge in [-0.15, -0.1) is 0 Å². The molecule has 0 spiro atoms. The summed E-state index contributed by atoms with van der Waals surface area (Å²) in [6, 6.07) is 17.9. The van der Waals surface area contributed by atoms with Crippen molar-refractivity contribution in [1.82, 2.24) is 4.98 Å². The number of furan rings is 1. The monoisotopic (exact) mass is 504 g/mol. The highest BCUT2D eigenvalue weighted by atomic mass is 79.9. The third-order valence-corrected chi connectivity index (χ3v) is 7.33. The molecule has 0 aliphatic rings. The Morgan fingerprint density at radius 1 is 1.10 bits per heavy atom. The Hall–Kier alpha value is -2.49. The van der Waals surface area contributed by atoms with Crippen molar-refractivity contribution < 1.29 is 17.6 Å². The molecule has 0 radical (unpaired) electrons. The quantitative estimate of drug-likeness (QED) is 0.361. The Labute approximate surface area is 186 Å². The molecule has 0 unspecified atom stereocenters. The van der Waals surface area contributed by atoms with E-state index in [2.05, 4.69) is 20.9 Å². The van der Waals surface area contributed by atoms with Crippen LogP contribution >= 0.6 is 27.3 Å². The number of aromatic nitrogens is 1. The van der Waals surface area contributed by atoms with Gasteiger partial charge < -0.3 is 4.42 Å². The van der Waals surface area contributed by atoms with Crippen molar-refractivity contribution in [2.45, 2.75) is 12.3 Å². The molecule has 154 valence electrons. The number of thiazole rings is 1. The number of anilines is 1. The molecule has 4 aromatic rings. The molecule has 2 aromatic heterocycles. The number of nitrogens with zero attached hydrogens (tertiary/aromatic N) is 2. The van der Waals surface area contributed by atoms with Crippen molar-refractivity contribution in [1.29, 1.82) is 0 Å². The molecule has 2 aromatic carbocycles. The van der Waals surface area contributed by atoms with Crippen LogP contribution < -0.4 is 4.90 Å². The van der Waals surface area contributed by atoms with Gasteiger partial charge in [0.05, 0.1) is 28.8 Å². The second kappa shape index (κ2) is 8.71. The maximum Gasteiger partial charge on any atom is 0.244 e. The minimum absolute atomic E-state index is 0.105. The molecule has 0 aliphatic heterocycles. The number of hydrogen-bond acceptors (Lipinski definition) is 6. The molecule has 0 saturated heterocycles. The van der Waals surface area contributed by atoms with Crippen molar-refractivity contribution in [3.05, 3.63) is 82.7 Å². The van der Waals surface area contributed by atoms with E-state index in [0.29, 0.717) is 16.5 Å². The second-order valence-electron chi connectivity index (χ2n) is 6.69. The average Bonchev–Trinajstić information content (AvgIpc) is 3.35. The predicted octanol–water partition coefficient (Wildman–Crippen LogP) is 4.80. The van der Waals surface area contributed by atoms with Gasteiger partial charge in [-0.25, -0.2) is 13.4 Å². The standard InChI is InChI=1S/C21H17BrN2O4S2/c22-16-8-9-18-19(11-16)29-21(23-18)24(12-17-7-4-10-28-17)20(25)14-30(26,27)13-15-5-2-1-3-6-15/h1-11H,12-14H2. The summed E-state index contributed by atoms with van der Waals surface area (Å²) in [5.74, 6) is -0.798. The summed E-state index contributed by atoms with van der Waals surface area (Å²) in [5, 5.41) is 0.430. The molecule has 4 rings (SSSR count). The molecule has 9 heteroatoms. The maximum atomic E-state index is 13.1. The fourth-order valence-electron chi connectivity index (χ4n) is 2.97. The third-order valence-electron chi connectivity index (χ3n) is 4.34. The molecular formula is C21H17BrN2O4S2. The summed E-state index contributed by atoms with van der Waals surface area (Å²) in [6.07, 6.45) is 1.51. The molecule has 0 aliphatic carbocycles. The molecule has 0 bridgehead atoms. The zero-order valence-corrected chi connectivity index (χ0v) is 18.9. The van der Waals surface area contributed by atoms with E-state index in [9.17, 15) is 13.2 Å². The fourth-order valence-corrected chi connectivity index (χ4v) is 5.84. The van der Waals surface area contributed by atoms with Crippen LogP contribution in [0.4, 0.5) is 5.13 Å². The first-order valence-electron chi connectivity index (χ1n) is 9.03. The number of halogens is 1. The Balaban J connectivity index is 1.62. The van der Waals surface area contributed by atoms with Gasteiger partial charge in [0.1, 0.15) is 11.5 Å². The van der Waals surface area contributed by atoms with Gasteiger partial charge in [-0.1, -0.05) is 57.6 Å². The second-order valence-corrected chi connectivity index (χ2v) is 10.7. The van der Waals surface area contributed by atoms with Crippen molar-refractivity contribution in [3.8, 4) is 0 Å². The zero-order valence-electron chi connectivity index (χ0n) is 15.7. The van der Waals surface area contributed by atoms with Gasteiger partial charge in [-0.05, 0) is 35.9 Å². The highest BCUT2D eigenvalue weighted by molar-refractivity contribution is 9.10. The molecular weight excluding hydrogens is 488 g/mol. The lowest BCUT2D eigenvalue weighted by Crippen LogP contribution is -2.35. The number of carbonyl (C=O) groups is 1. The van der Waals surface area contributed by atoms with Gasteiger partial charge in [0.25, 0.3) is 0 Å². The van der Waals surface area contributed by atoms with Crippen LogP contribution in [0.15, 0.2) is 75.8 Å². The first kappa shape index (κ1) is 20.8. The van der Waals surface area contributed by atoms with Crippen molar-refractivity contribution >= 4 is 58.4 Å². The molecule has 30 heavy (non-hydrogen) atoms. The number of amides is 1. The van der Waals surface area contributed by atoms with Crippen LogP contribution in [0.25, 0.3) is 10.2 Å². The average molecular weight is 505 g/mol.